The summed E-state index contributed by atoms with van der Waals surface area (Å²) in [5.41, 5.74) is 10.5. The predicted molar refractivity (Wildman–Crippen MR) is 142 cm³/mol. The minimum Gasteiger partial charge on any atom is -0.493 e. The predicted octanol–water partition coefficient (Wildman–Crippen LogP) is 8.00. The number of unbranched alkanes of at least 4 members (excludes halogenated alkanes) is 6. The highest BCUT2D eigenvalue weighted by Crippen LogP contribution is 2.35. The molecule has 1 fully saturated rings. The Kier molecular flexibility index (Phi) is 14.3. The zero-order valence-corrected chi connectivity index (χ0v) is 21.0. The number of methoxy groups -OCH3 is 1. The molecule has 2 N–H and O–H groups in total. The molecule has 0 amide bonds. The number of rotatable bonds is 14. The smallest absolute Gasteiger partial charge is 0.125 e. The van der Waals surface area contributed by atoms with Crippen LogP contribution in [0.5, 0.6) is 0 Å². The lowest BCUT2D eigenvalue weighted by Crippen LogP contribution is -2.05. The monoisotopic (exact) mass is 451 g/mol. The lowest BCUT2D eigenvalue weighted by Gasteiger charge is -2.23. The largest absolute Gasteiger partial charge is 0.493 e. The van der Waals surface area contributed by atoms with Gasteiger partial charge in [-0.15, -0.1) is 0 Å². The maximum absolute atomic E-state index is 6.23. The first kappa shape index (κ1) is 27.1. The van der Waals surface area contributed by atoms with Gasteiger partial charge in [0.05, 0.1) is 6.61 Å². The van der Waals surface area contributed by atoms with Crippen LogP contribution in [-0.4, -0.2) is 26.9 Å². The Hall–Kier alpha value is -2.10. The zero-order valence-electron chi connectivity index (χ0n) is 21.0. The maximum Gasteiger partial charge on any atom is 0.125 e. The molecule has 0 atom stereocenters. The summed E-state index contributed by atoms with van der Waals surface area (Å²) in [6, 6.07) is 19.4. The molecule has 182 valence electrons. The summed E-state index contributed by atoms with van der Waals surface area (Å²) < 4.78 is 11.3. The zero-order chi connectivity index (χ0) is 23.6. The van der Waals surface area contributed by atoms with Crippen molar-refractivity contribution in [2.75, 3.05) is 26.9 Å². The van der Waals surface area contributed by atoms with Gasteiger partial charge in [-0.05, 0) is 68.2 Å². The number of hydrogen-bond acceptors (Lipinski definition) is 3. The van der Waals surface area contributed by atoms with Gasteiger partial charge in [0.15, 0.2) is 0 Å². The van der Waals surface area contributed by atoms with Crippen molar-refractivity contribution in [2.24, 2.45) is 5.73 Å². The van der Waals surface area contributed by atoms with E-state index < -0.39 is 0 Å². The molecule has 0 spiro atoms. The van der Waals surface area contributed by atoms with Crippen molar-refractivity contribution < 1.29 is 9.47 Å². The molecule has 0 bridgehead atoms. The second-order valence-corrected chi connectivity index (χ2v) is 8.83. The Morgan fingerprint density at radius 1 is 0.758 bits per heavy atom. The minimum absolute atomic E-state index is 0.812. The summed E-state index contributed by atoms with van der Waals surface area (Å²) >= 11 is 0. The summed E-state index contributed by atoms with van der Waals surface area (Å²) in [6.07, 6.45) is 13.5. The Morgan fingerprint density at radius 3 is 1.97 bits per heavy atom. The fourth-order valence-electron chi connectivity index (χ4n) is 3.86. The molecule has 1 aliphatic carbocycles. The van der Waals surface area contributed by atoms with Gasteiger partial charge in [-0.3, -0.25) is 0 Å². The molecule has 0 unspecified atom stereocenters. The molecule has 0 saturated heterocycles. The highest BCUT2D eigenvalue weighted by atomic mass is 16.5. The lowest BCUT2D eigenvalue weighted by molar-refractivity contribution is 0.190. The minimum atomic E-state index is 0.812. The Bertz CT molecular complexity index is 758. The lowest BCUT2D eigenvalue weighted by atomic mass is 9.89. The third-order valence-electron chi connectivity index (χ3n) is 6.08. The first-order chi connectivity index (χ1) is 16.3. The van der Waals surface area contributed by atoms with Crippen molar-refractivity contribution in [3.8, 4) is 11.1 Å². The van der Waals surface area contributed by atoms with Crippen LogP contribution in [0.3, 0.4) is 0 Å². The topological polar surface area (TPSA) is 44.5 Å². The summed E-state index contributed by atoms with van der Waals surface area (Å²) in [7, 11) is 1.77. The number of benzene rings is 2. The van der Waals surface area contributed by atoms with E-state index in [2.05, 4.69) is 61.5 Å². The average molecular weight is 452 g/mol. The van der Waals surface area contributed by atoms with Crippen LogP contribution in [0.2, 0.25) is 0 Å². The van der Waals surface area contributed by atoms with Crippen molar-refractivity contribution in [3.63, 3.8) is 0 Å². The van der Waals surface area contributed by atoms with Crippen LogP contribution in [-0.2, 0) is 9.47 Å². The van der Waals surface area contributed by atoms with Crippen LogP contribution >= 0.6 is 0 Å². The third kappa shape index (κ3) is 10.6. The van der Waals surface area contributed by atoms with E-state index in [4.69, 9.17) is 15.2 Å². The van der Waals surface area contributed by atoms with E-state index in [1.807, 2.05) is 0 Å². The van der Waals surface area contributed by atoms with E-state index in [-0.39, 0.29) is 0 Å². The number of nitrogens with two attached hydrogens (primary N) is 1. The van der Waals surface area contributed by atoms with E-state index >= 15 is 0 Å². The highest BCUT2D eigenvalue weighted by molar-refractivity contribution is 5.69. The normalized spacial score (nSPS) is 12.5. The molecule has 1 aliphatic rings. The van der Waals surface area contributed by atoms with Gasteiger partial charge >= 0.3 is 0 Å². The molecule has 0 aromatic heterocycles. The first-order valence-electron chi connectivity index (χ1n) is 13.0. The fraction of sp³-hybridized carbons (Fsp3) is 0.533. The molecule has 3 nitrogen and oxygen atoms in total. The van der Waals surface area contributed by atoms with Crippen molar-refractivity contribution >= 4 is 5.76 Å². The molecule has 2 aromatic rings. The quantitative estimate of drug-likeness (QED) is 0.234. The second kappa shape index (κ2) is 17.4. The van der Waals surface area contributed by atoms with E-state index in [9.17, 15) is 0 Å². The SMILES string of the molecule is CCCCCCN.COCCCCCCOC(=C1CCC1)c1ccc(-c2ccccc2)cc1. The summed E-state index contributed by atoms with van der Waals surface area (Å²) in [6.45, 7) is 4.74. The highest BCUT2D eigenvalue weighted by Gasteiger charge is 2.17. The molecular weight excluding hydrogens is 406 g/mol. The van der Waals surface area contributed by atoms with Crippen LogP contribution in [0.25, 0.3) is 16.9 Å². The van der Waals surface area contributed by atoms with Crippen LogP contribution in [0.4, 0.5) is 0 Å². The van der Waals surface area contributed by atoms with Gasteiger partial charge in [0.1, 0.15) is 5.76 Å². The van der Waals surface area contributed by atoms with Gasteiger partial charge in [0.2, 0.25) is 0 Å². The van der Waals surface area contributed by atoms with Crippen molar-refractivity contribution in [1.29, 1.82) is 0 Å². The molecule has 2 aromatic carbocycles. The molecule has 3 rings (SSSR count). The molecule has 33 heavy (non-hydrogen) atoms. The Labute approximate surface area is 202 Å². The molecule has 0 heterocycles. The fourth-order valence-corrected chi connectivity index (χ4v) is 3.86. The van der Waals surface area contributed by atoms with Crippen molar-refractivity contribution in [1.82, 2.24) is 0 Å². The molecule has 3 heteroatoms. The van der Waals surface area contributed by atoms with Gasteiger partial charge in [-0.1, -0.05) is 87.2 Å². The molecule has 0 radical (unpaired) electrons. The van der Waals surface area contributed by atoms with Crippen LogP contribution in [0, 0.1) is 0 Å². The number of ether oxygens (including phenoxy) is 2. The van der Waals surface area contributed by atoms with E-state index in [1.54, 1.807) is 7.11 Å². The van der Waals surface area contributed by atoms with Gasteiger partial charge in [0.25, 0.3) is 0 Å². The third-order valence-corrected chi connectivity index (χ3v) is 6.08. The van der Waals surface area contributed by atoms with E-state index in [1.165, 1.54) is 80.1 Å². The van der Waals surface area contributed by atoms with E-state index in [0.717, 1.165) is 38.4 Å². The van der Waals surface area contributed by atoms with Crippen LogP contribution < -0.4 is 5.73 Å². The van der Waals surface area contributed by atoms with Gasteiger partial charge in [0, 0.05) is 19.3 Å². The standard InChI is InChI=1S/C24H30O2.C6H15N/c1-25-18-7-2-3-8-19-26-24(22-12-9-13-22)23-16-14-21(15-17-23)20-10-5-4-6-11-20;1-2-3-4-5-6-7/h4-6,10-11,14-17H,2-3,7-9,12-13,18-19H2,1H3;2-7H2,1H3. The number of hydrogen-bond donors (Lipinski definition) is 1. The summed E-state index contributed by atoms with van der Waals surface area (Å²) in [5.74, 6) is 1.13. The van der Waals surface area contributed by atoms with Gasteiger partial charge in [-0.25, -0.2) is 0 Å². The number of allylic oxidation sites excluding steroid dienone is 1. The van der Waals surface area contributed by atoms with Crippen molar-refractivity contribution in [2.45, 2.75) is 77.6 Å². The molecule has 0 aliphatic heterocycles. The summed E-state index contributed by atoms with van der Waals surface area (Å²) in [4.78, 5) is 0. The van der Waals surface area contributed by atoms with Crippen molar-refractivity contribution in [3.05, 3.63) is 65.7 Å². The average Bonchev–Trinajstić information content (AvgIpc) is 2.83. The first-order valence-corrected chi connectivity index (χ1v) is 13.0. The molecule has 1 saturated carbocycles. The Balaban J connectivity index is 0.000000479. The van der Waals surface area contributed by atoms with Crippen LogP contribution in [0.1, 0.15) is 83.1 Å². The van der Waals surface area contributed by atoms with Gasteiger partial charge < -0.3 is 15.2 Å². The second-order valence-electron chi connectivity index (χ2n) is 8.83. The summed E-state index contributed by atoms with van der Waals surface area (Å²) in [5, 5.41) is 0. The van der Waals surface area contributed by atoms with E-state index in [0.29, 0.717) is 0 Å². The van der Waals surface area contributed by atoms with Gasteiger partial charge in [-0.2, -0.15) is 0 Å². The molecular formula is C30H45NO2. The Morgan fingerprint density at radius 2 is 1.39 bits per heavy atom. The van der Waals surface area contributed by atoms with Crippen LogP contribution in [0.15, 0.2) is 60.2 Å². The maximum atomic E-state index is 6.23.